The maximum atomic E-state index is 10.7. The molecular weight excluding hydrogens is 192 g/mol. The number of carbonyl (C=O) groups excluding carboxylic acids is 1. The molecule has 0 saturated carbocycles. The lowest BCUT2D eigenvalue weighted by Crippen LogP contribution is -2.08. The Labute approximate surface area is 71.3 Å². The highest BCUT2D eigenvalue weighted by molar-refractivity contribution is 9.10. The van der Waals surface area contributed by atoms with Gasteiger partial charge >= 0.3 is 0 Å². The van der Waals surface area contributed by atoms with Crippen molar-refractivity contribution in [3.05, 3.63) is 0 Å². The summed E-state index contributed by atoms with van der Waals surface area (Å²) in [4.78, 5) is 10.8. The molecule has 10 heavy (non-hydrogen) atoms. The highest BCUT2D eigenvalue weighted by atomic mass is 79.9. The zero-order valence-electron chi connectivity index (χ0n) is 6.69. The fourth-order valence-electron chi connectivity index (χ4n) is 0.777. The van der Waals surface area contributed by atoms with Crippen molar-refractivity contribution >= 4 is 21.7 Å². The first-order chi connectivity index (χ1) is 4.68. The van der Waals surface area contributed by atoms with E-state index in [1.165, 1.54) is 12.8 Å². The molecule has 0 saturated heterocycles. The van der Waals surface area contributed by atoms with Gasteiger partial charge in [-0.25, -0.2) is 0 Å². The average molecular weight is 207 g/mol. The molecule has 0 bridgehead atoms. The monoisotopic (exact) mass is 206 g/mol. The van der Waals surface area contributed by atoms with E-state index < -0.39 is 0 Å². The van der Waals surface area contributed by atoms with E-state index in [-0.39, 0.29) is 10.6 Å². The van der Waals surface area contributed by atoms with Crippen LogP contribution in [-0.4, -0.2) is 10.6 Å². The van der Waals surface area contributed by atoms with Crippen LogP contribution in [0.2, 0.25) is 0 Å². The third-order valence-corrected chi connectivity index (χ3v) is 2.60. The molecule has 1 atom stereocenters. The van der Waals surface area contributed by atoms with Crippen LogP contribution in [0.5, 0.6) is 0 Å². The molecule has 0 aliphatic rings. The van der Waals surface area contributed by atoms with Gasteiger partial charge in [-0.3, -0.25) is 4.79 Å². The lowest BCUT2D eigenvalue weighted by atomic mass is 10.1. The minimum Gasteiger partial charge on any atom is -0.299 e. The fraction of sp³-hybridized carbons (Fsp3) is 0.875. The smallest absolute Gasteiger partial charge is 0.143 e. The number of hydrogen-bond donors (Lipinski definition) is 0. The number of rotatable bonds is 5. The molecule has 0 aromatic rings. The van der Waals surface area contributed by atoms with Gasteiger partial charge in [-0.15, -0.1) is 0 Å². The summed E-state index contributed by atoms with van der Waals surface area (Å²) in [6, 6.07) is 0. The van der Waals surface area contributed by atoms with Gasteiger partial charge in [-0.1, -0.05) is 42.1 Å². The fourth-order valence-corrected chi connectivity index (χ4v) is 1.10. The molecule has 60 valence electrons. The second-order valence-corrected chi connectivity index (χ2v) is 3.68. The molecule has 0 aromatic carbocycles. The predicted octanol–water partition coefficient (Wildman–Crippen LogP) is 2.92. The summed E-state index contributed by atoms with van der Waals surface area (Å²) in [6.07, 6.45) is 4.60. The van der Waals surface area contributed by atoms with Crippen LogP contribution in [0, 0.1) is 0 Å². The van der Waals surface area contributed by atoms with Gasteiger partial charge in [0.1, 0.15) is 5.78 Å². The van der Waals surface area contributed by atoms with Crippen molar-refractivity contribution in [2.45, 2.75) is 44.4 Å². The van der Waals surface area contributed by atoms with Crippen LogP contribution < -0.4 is 0 Å². The van der Waals surface area contributed by atoms with Crippen LogP contribution in [0.25, 0.3) is 0 Å². The van der Waals surface area contributed by atoms with Gasteiger partial charge in [-0.05, 0) is 13.3 Å². The number of hydrogen-bond acceptors (Lipinski definition) is 1. The third kappa shape index (κ3) is 4.98. The van der Waals surface area contributed by atoms with Gasteiger partial charge in [-0.2, -0.15) is 0 Å². The number of Topliss-reactive ketones (excluding diaryl/α,β-unsaturated/α-hetero) is 1. The first-order valence-corrected chi connectivity index (χ1v) is 4.74. The Bertz CT molecular complexity index is 101. The van der Waals surface area contributed by atoms with Gasteiger partial charge in [0, 0.05) is 0 Å². The van der Waals surface area contributed by atoms with E-state index >= 15 is 0 Å². The molecule has 0 spiro atoms. The first-order valence-electron chi connectivity index (χ1n) is 3.83. The molecule has 0 N–H and O–H groups in total. The number of ketones is 1. The van der Waals surface area contributed by atoms with Crippen molar-refractivity contribution < 1.29 is 4.79 Å². The zero-order chi connectivity index (χ0) is 7.98. The standard InChI is InChI=1S/C8H15BrO/c1-3-4-5-6-8(9)7(2)10/h8H,3-6H2,1-2H3. The van der Waals surface area contributed by atoms with E-state index in [4.69, 9.17) is 0 Å². The van der Waals surface area contributed by atoms with Crippen LogP contribution in [0.1, 0.15) is 39.5 Å². The Morgan fingerprint density at radius 3 is 2.50 bits per heavy atom. The summed E-state index contributed by atoms with van der Waals surface area (Å²) in [5.41, 5.74) is 0. The minimum absolute atomic E-state index is 0.0963. The average Bonchev–Trinajstić information content (AvgIpc) is 1.88. The molecule has 1 unspecified atom stereocenters. The maximum absolute atomic E-state index is 10.7. The van der Waals surface area contributed by atoms with Crippen molar-refractivity contribution in [2.75, 3.05) is 0 Å². The topological polar surface area (TPSA) is 17.1 Å². The van der Waals surface area contributed by atoms with Gasteiger partial charge in [0.2, 0.25) is 0 Å². The third-order valence-electron chi connectivity index (χ3n) is 1.50. The molecule has 1 nitrogen and oxygen atoms in total. The number of unbranched alkanes of at least 4 members (excludes halogenated alkanes) is 2. The largest absolute Gasteiger partial charge is 0.299 e. The Morgan fingerprint density at radius 1 is 1.50 bits per heavy atom. The Hall–Kier alpha value is 0.150. The minimum atomic E-state index is 0.0963. The SMILES string of the molecule is CCCCCC(Br)C(C)=O. The first kappa shape index (κ1) is 10.2. The van der Waals surface area contributed by atoms with Gasteiger partial charge < -0.3 is 0 Å². The summed E-state index contributed by atoms with van der Waals surface area (Å²) in [5.74, 6) is 0.246. The predicted molar refractivity (Wildman–Crippen MR) is 47.5 cm³/mol. The van der Waals surface area contributed by atoms with Gasteiger partial charge in [0.15, 0.2) is 0 Å². The maximum Gasteiger partial charge on any atom is 0.143 e. The van der Waals surface area contributed by atoms with Crippen LogP contribution in [0.4, 0.5) is 0 Å². The molecule has 2 heteroatoms. The van der Waals surface area contributed by atoms with Crippen molar-refractivity contribution in [1.82, 2.24) is 0 Å². The summed E-state index contributed by atoms with van der Waals surface area (Å²) in [5, 5.41) is 0. The van der Waals surface area contributed by atoms with Gasteiger partial charge in [0.05, 0.1) is 4.83 Å². The van der Waals surface area contributed by atoms with E-state index in [1.807, 2.05) is 0 Å². The molecule has 0 aliphatic carbocycles. The quantitative estimate of drug-likeness (QED) is 0.500. The van der Waals surface area contributed by atoms with Crippen LogP contribution in [0.15, 0.2) is 0 Å². The van der Waals surface area contributed by atoms with E-state index in [0.29, 0.717) is 0 Å². The lowest BCUT2D eigenvalue weighted by molar-refractivity contribution is -0.116. The molecular formula is C8H15BrO. The summed E-state index contributed by atoms with van der Waals surface area (Å²) in [6.45, 7) is 3.79. The molecule has 0 amide bonds. The molecule has 0 rings (SSSR count). The normalized spacial score (nSPS) is 13.1. The second-order valence-electron chi connectivity index (χ2n) is 2.57. The zero-order valence-corrected chi connectivity index (χ0v) is 8.28. The Kier molecular flexibility index (Phi) is 5.99. The van der Waals surface area contributed by atoms with E-state index in [0.717, 1.165) is 12.8 Å². The lowest BCUT2D eigenvalue weighted by Gasteiger charge is -2.03. The van der Waals surface area contributed by atoms with Crippen LogP contribution >= 0.6 is 15.9 Å². The molecule has 0 radical (unpaired) electrons. The Morgan fingerprint density at radius 2 is 2.10 bits per heavy atom. The van der Waals surface area contributed by atoms with E-state index in [1.54, 1.807) is 6.92 Å². The number of alkyl halides is 1. The summed E-state index contributed by atoms with van der Waals surface area (Å²) in [7, 11) is 0. The highest BCUT2D eigenvalue weighted by Crippen LogP contribution is 2.11. The number of carbonyl (C=O) groups is 1. The second kappa shape index (κ2) is 5.90. The molecule has 0 fully saturated rings. The van der Waals surface area contributed by atoms with Crippen molar-refractivity contribution in [1.29, 1.82) is 0 Å². The van der Waals surface area contributed by atoms with Crippen LogP contribution in [-0.2, 0) is 4.79 Å². The number of halogens is 1. The molecule has 0 aromatic heterocycles. The van der Waals surface area contributed by atoms with Crippen molar-refractivity contribution in [3.8, 4) is 0 Å². The van der Waals surface area contributed by atoms with E-state index in [9.17, 15) is 4.79 Å². The highest BCUT2D eigenvalue weighted by Gasteiger charge is 2.07. The van der Waals surface area contributed by atoms with Crippen molar-refractivity contribution in [3.63, 3.8) is 0 Å². The van der Waals surface area contributed by atoms with Crippen LogP contribution in [0.3, 0.4) is 0 Å². The Balaban J connectivity index is 3.21. The summed E-state index contributed by atoms with van der Waals surface area (Å²) >= 11 is 3.32. The summed E-state index contributed by atoms with van der Waals surface area (Å²) < 4.78 is 0. The molecule has 0 aliphatic heterocycles. The molecule has 0 heterocycles. The van der Waals surface area contributed by atoms with Gasteiger partial charge in [0.25, 0.3) is 0 Å². The van der Waals surface area contributed by atoms with E-state index in [2.05, 4.69) is 22.9 Å². The van der Waals surface area contributed by atoms with Crippen molar-refractivity contribution in [2.24, 2.45) is 0 Å².